The number of hydrogen-bond donors (Lipinski definition) is 1. The number of rotatable bonds is 4. The van der Waals surface area contributed by atoms with E-state index < -0.39 is 12.1 Å². The molecule has 1 aliphatic heterocycles. The number of nitrogens with one attached hydrogen (secondary N) is 1. The van der Waals surface area contributed by atoms with Crippen LogP contribution in [0.1, 0.15) is 24.3 Å². The maximum atomic E-state index is 12.9. The Balaban J connectivity index is 1.73. The Hall–Kier alpha value is -1.56. The van der Waals surface area contributed by atoms with Gasteiger partial charge >= 0.3 is 12.1 Å². The van der Waals surface area contributed by atoms with E-state index in [-0.39, 0.29) is 24.4 Å². The maximum Gasteiger partial charge on any atom is 0.471 e. The molecule has 0 radical (unpaired) electrons. The molecule has 3 rings (SSSR count). The Morgan fingerprint density at radius 1 is 1.27 bits per heavy atom. The quantitative estimate of drug-likeness (QED) is 0.927. The lowest BCUT2D eigenvalue weighted by Crippen LogP contribution is -2.45. The van der Waals surface area contributed by atoms with Gasteiger partial charge in [-0.2, -0.15) is 13.2 Å². The summed E-state index contributed by atoms with van der Waals surface area (Å²) in [6.45, 7) is 1.69. The van der Waals surface area contributed by atoms with Crippen LogP contribution in [0.3, 0.4) is 0 Å². The van der Waals surface area contributed by atoms with Crippen LogP contribution >= 0.6 is 0 Å². The van der Waals surface area contributed by atoms with Crippen LogP contribution in [-0.4, -0.2) is 42.7 Å². The molecule has 120 valence electrons. The number of carbonyl (C=O) groups is 1. The number of hydrogen-bond acceptors (Lipinski definition) is 2. The summed E-state index contributed by atoms with van der Waals surface area (Å²) in [5.74, 6) is -1.55. The summed E-state index contributed by atoms with van der Waals surface area (Å²) in [6, 6.07) is 9.14. The smallest absolute Gasteiger partial charge is 0.331 e. The standard InChI is InChI=1S/C16H19F3N2O/c17-16(18,19)15(22)21(10-11-6-7-20-9-11)14-8-13(14)12-4-2-1-3-5-12/h1-5,11,13-14,20H,6-10H2/t11-,13+,14-/m1/s1. The van der Waals surface area contributed by atoms with Crippen LogP contribution in [0.5, 0.6) is 0 Å². The molecule has 1 N–H and O–H groups in total. The molecule has 1 aromatic carbocycles. The van der Waals surface area contributed by atoms with E-state index in [0.29, 0.717) is 13.0 Å². The van der Waals surface area contributed by atoms with Crippen molar-refractivity contribution in [1.29, 1.82) is 0 Å². The number of carbonyl (C=O) groups excluding carboxylic acids is 1. The van der Waals surface area contributed by atoms with Gasteiger partial charge < -0.3 is 10.2 Å². The average Bonchev–Trinajstić information content (AvgIpc) is 3.12. The minimum Gasteiger partial charge on any atom is -0.331 e. The Morgan fingerprint density at radius 3 is 2.59 bits per heavy atom. The van der Waals surface area contributed by atoms with Crippen molar-refractivity contribution in [2.45, 2.75) is 31.0 Å². The third kappa shape index (κ3) is 3.27. The van der Waals surface area contributed by atoms with Gasteiger partial charge in [-0.15, -0.1) is 0 Å². The second-order valence-electron chi connectivity index (χ2n) is 6.13. The lowest BCUT2D eigenvalue weighted by Gasteiger charge is -2.27. The molecule has 1 aliphatic carbocycles. The minimum atomic E-state index is -4.80. The van der Waals surface area contributed by atoms with Crippen LogP contribution in [0.25, 0.3) is 0 Å². The van der Waals surface area contributed by atoms with E-state index in [2.05, 4.69) is 5.32 Å². The van der Waals surface area contributed by atoms with Gasteiger partial charge in [-0.05, 0) is 37.4 Å². The van der Waals surface area contributed by atoms with E-state index in [1.54, 1.807) is 0 Å². The highest BCUT2D eigenvalue weighted by atomic mass is 19.4. The Morgan fingerprint density at radius 2 is 2.00 bits per heavy atom. The van der Waals surface area contributed by atoms with E-state index in [1.165, 1.54) is 0 Å². The summed E-state index contributed by atoms with van der Waals surface area (Å²) >= 11 is 0. The molecule has 1 saturated heterocycles. The number of amides is 1. The third-order valence-electron chi connectivity index (χ3n) is 4.51. The molecule has 1 aromatic rings. The van der Waals surface area contributed by atoms with Gasteiger partial charge in [0.1, 0.15) is 0 Å². The molecule has 0 bridgehead atoms. The van der Waals surface area contributed by atoms with Gasteiger partial charge in [0.25, 0.3) is 0 Å². The van der Waals surface area contributed by atoms with Gasteiger partial charge in [0.15, 0.2) is 0 Å². The van der Waals surface area contributed by atoms with Crippen molar-refractivity contribution in [1.82, 2.24) is 10.2 Å². The molecule has 2 aliphatic rings. The van der Waals surface area contributed by atoms with Crippen molar-refractivity contribution < 1.29 is 18.0 Å². The van der Waals surface area contributed by atoms with E-state index in [4.69, 9.17) is 0 Å². The summed E-state index contributed by atoms with van der Waals surface area (Å²) < 4.78 is 38.7. The molecule has 22 heavy (non-hydrogen) atoms. The zero-order chi connectivity index (χ0) is 15.7. The van der Waals surface area contributed by atoms with Crippen LogP contribution < -0.4 is 5.32 Å². The topological polar surface area (TPSA) is 32.3 Å². The highest BCUT2D eigenvalue weighted by molar-refractivity contribution is 5.82. The SMILES string of the molecule is O=C(N(C[C@@H]1CCNC1)[C@@H]1C[C@H]1c1ccccc1)C(F)(F)F. The first kappa shape index (κ1) is 15.3. The normalized spacial score (nSPS) is 27.7. The second-order valence-corrected chi connectivity index (χ2v) is 6.13. The minimum absolute atomic E-state index is 0.0295. The monoisotopic (exact) mass is 312 g/mol. The largest absolute Gasteiger partial charge is 0.471 e. The molecule has 1 heterocycles. The first-order chi connectivity index (χ1) is 10.5. The zero-order valence-corrected chi connectivity index (χ0v) is 12.1. The highest BCUT2D eigenvalue weighted by Gasteiger charge is 2.52. The molecule has 3 nitrogen and oxygen atoms in total. The number of nitrogens with zero attached hydrogens (tertiary/aromatic N) is 1. The van der Waals surface area contributed by atoms with Gasteiger partial charge in [-0.25, -0.2) is 0 Å². The lowest BCUT2D eigenvalue weighted by molar-refractivity contribution is -0.186. The van der Waals surface area contributed by atoms with Crippen molar-refractivity contribution in [3.63, 3.8) is 0 Å². The highest BCUT2D eigenvalue weighted by Crippen LogP contribution is 2.46. The second kappa shape index (κ2) is 5.91. The predicted octanol–water partition coefficient (Wildman–Crippen LogP) is 2.54. The fourth-order valence-electron chi connectivity index (χ4n) is 3.26. The third-order valence-corrected chi connectivity index (χ3v) is 4.51. The fourth-order valence-corrected chi connectivity index (χ4v) is 3.26. The summed E-state index contributed by atoms with van der Waals surface area (Å²) in [5, 5.41) is 3.14. The van der Waals surface area contributed by atoms with Crippen molar-refractivity contribution in [2.75, 3.05) is 19.6 Å². The molecule has 2 fully saturated rings. The first-order valence-corrected chi connectivity index (χ1v) is 7.60. The van der Waals surface area contributed by atoms with Crippen molar-refractivity contribution in [2.24, 2.45) is 5.92 Å². The molecular formula is C16H19F3N2O. The van der Waals surface area contributed by atoms with Crippen molar-refractivity contribution in [3.05, 3.63) is 35.9 Å². The maximum absolute atomic E-state index is 12.9. The Labute approximate surface area is 127 Å². The molecular weight excluding hydrogens is 293 g/mol. The predicted molar refractivity (Wildman–Crippen MR) is 76.3 cm³/mol. The molecule has 0 unspecified atom stereocenters. The number of benzene rings is 1. The van der Waals surface area contributed by atoms with Gasteiger partial charge in [-0.3, -0.25) is 4.79 Å². The summed E-state index contributed by atoms with van der Waals surface area (Å²) in [4.78, 5) is 12.9. The van der Waals surface area contributed by atoms with Crippen LogP contribution in [0.2, 0.25) is 0 Å². The van der Waals surface area contributed by atoms with Gasteiger partial charge in [0, 0.05) is 18.5 Å². The molecule has 0 spiro atoms. The van der Waals surface area contributed by atoms with Crippen LogP contribution in [0.15, 0.2) is 30.3 Å². The van der Waals surface area contributed by atoms with Crippen molar-refractivity contribution in [3.8, 4) is 0 Å². The number of halogens is 3. The fraction of sp³-hybridized carbons (Fsp3) is 0.562. The molecule has 0 aromatic heterocycles. The Bertz CT molecular complexity index is 526. The van der Waals surface area contributed by atoms with Crippen molar-refractivity contribution >= 4 is 5.91 Å². The molecule has 3 atom stereocenters. The van der Waals surface area contributed by atoms with E-state index in [9.17, 15) is 18.0 Å². The van der Waals surface area contributed by atoms with Gasteiger partial charge in [0.2, 0.25) is 0 Å². The molecule has 6 heteroatoms. The van der Waals surface area contributed by atoms with Crippen LogP contribution in [0.4, 0.5) is 13.2 Å². The van der Waals surface area contributed by atoms with Crippen LogP contribution in [0, 0.1) is 5.92 Å². The first-order valence-electron chi connectivity index (χ1n) is 7.60. The van der Waals surface area contributed by atoms with Gasteiger partial charge in [-0.1, -0.05) is 30.3 Å². The summed E-state index contributed by atoms with van der Waals surface area (Å²) in [5.41, 5.74) is 1.01. The van der Waals surface area contributed by atoms with E-state index >= 15 is 0 Å². The number of alkyl halides is 3. The summed E-state index contributed by atoms with van der Waals surface area (Å²) in [7, 11) is 0. The lowest BCUT2D eigenvalue weighted by atomic mass is 10.1. The average molecular weight is 312 g/mol. The Kier molecular flexibility index (Phi) is 4.12. The molecule has 1 saturated carbocycles. The van der Waals surface area contributed by atoms with E-state index in [0.717, 1.165) is 23.4 Å². The van der Waals surface area contributed by atoms with E-state index in [1.807, 2.05) is 30.3 Å². The molecule has 1 amide bonds. The van der Waals surface area contributed by atoms with Crippen LogP contribution in [-0.2, 0) is 4.79 Å². The van der Waals surface area contributed by atoms with Gasteiger partial charge in [0.05, 0.1) is 0 Å². The summed E-state index contributed by atoms with van der Waals surface area (Å²) in [6.07, 6.45) is -3.35. The zero-order valence-electron chi connectivity index (χ0n) is 12.1.